The Balaban J connectivity index is 1.79. The molecule has 30 heavy (non-hydrogen) atoms. The maximum absolute atomic E-state index is 14.3. The van der Waals surface area contributed by atoms with Crippen LogP contribution >= 0.6 is 0 Å². The highest BCUT2D eigenvalue weighted by molar-refractivity contribution is 5.74. The third-order valence-electron chi connectivity index (χ3n) is 5.17. The minimum atomic E-state index is -0.465. The average molecular weight is 407 g/mol. The van der Waals surface area contributed by atoms with Gasteiger partial charge in [0.15, 0.2) is 11.2 Å². The molecule has 1 N–H and O–H groups in total. The Kier molecular flexibility index (Phi) is 5.22. The average Bonchev–Trinajstić information content (AvgIpc) is 3.11. The normalized spacial score (nSPS) is 11.2. The van der Waals surface area contributed by atoms with Crippen molar-refractivity contribution in [2.24, 2.45) is 14.1 Å². The van der Waals surface area contributed by atoms with Crippen LogP contribution in [0.5, 0.6) is 0 Å². The number of aryl methyl sites for hydroxylation is 1. The molecule has 0 bridgehead atoms. The van der Waals surface area contributed by atoms with Crippen LogP contribution < -0.4 is 16.6 Å². The first-order valence-electron chi connectivity index (χ1n) is 9.65. The summed E-state index contributed by atoms with van der Waals surface area (Å²) in [6, 6.07) is 16.4. The Labute approximate surface area is 172 Å². The zero-order chi connectivity index (χ0) is 21.3. The van der Waals surface area contributed by atoms with Crippen LogP contribution in [-0.2, 0) is 27.1 Å². The second-order valence-electron chi connectivity index (χ2n) is 7.15. The molecule has 4 aromatic rings. The van der Waals surface area contributed by atoms with Gasteiger partial charge in [-0.05, 0) is 18.1 Å². The number of fused-ring (bicyclic) bond motifs is 1. The molecule has 154 valence electrons. The molecule has 2 heterocycles. The highest BCUT2D eigenvalue weighted by atomic mass is 19.1. The Hall–Kier alpha value is -3.68. The summed E-state index contributed by atoms with van der Waals surface area (Å²) in [5.41, 5.74) is 1.18. The van der Waals surface area contributed by atoms with Crippen LogP contribution in [-0.4, -0.2) is 25.2 Å². The molecule has 0 saturated carbocycles. The predicted octanol–water partition coefficient (Wildman–Crippen LogP) is 2.28. The number of anilines is 1. The predicted molar refractivity (Wildman–Crippen MR) is 114 cm³/mol. The number of aromatic nitrogens is 4. The van der Waals surface area contributed by atoms with E-state index in [9.17, 15) is 14.0 Å². The molecule has 7 nitrogen and oxygen atoms in total. The summed E-state index contributed by atoms with van der Waals surface area (Å²) in [5.74, 6) is 0.0544. The van der Waals surface area contributed by atoms with Gasteiger partial charge in [0, 0.05) is 26.2 Å². The quantitative estimate of drug-likeness (QED) is 0.532. The van der Waals surface area contributed by atoms with Crippen molar-refractivity contribution in [1.29, 1.82) is 0 Å². The standard InChI is InChI=1S/C22H22FN5O2/c1-26-19-18(20(29)27(2)22(26)30)28(14-16-10-6-7-11-17(16)23)21(25-19)24-13-12-15-8-4-3-5-9-15/h3-11H,12-14H2,1-2H3,(H,24,25). The first-order chi connectivity index (χ1) is 14.5. The molecule has 0 spiro atoms. The Bertz CT molecular complexity index is 1320. The number of hydrogen-bond acceptors (Lipinski definition) is 4. The molecule has 0 fully saturated rings. The molecular weight excluding hydrogens is 385 g/mol. The van der Waals surface area contributed by atoms with Gasteiger partial charge in [-0.15, -0.1) is 0 Å². The fraction of sp³-hybridized carbons (Fsp3) is 0.227. The summed E-state index contributed by atoms with van der Waals surface area (Å²) in [7, 11) is 2.99. The number of hydrogen-bond donors (Lipinski definition) is 1. The van der Waals surface area contributed by atoms with Crippen molar-refractivity contribution in [2.75, 3.05) is 11.9 Å². The van der Waals surface area contributed by atoms with Gasteiger partial charge >= 0.3 is 5.69 Å². The summed E-state index contributed by atoms with van der Waals surface area (Å²) in [4.78, 5) is 29.7. The molecule has 0 aliphatic carbocycles. The van der Waals surface area contributed by atoms with Crippen LogP contribution in [0.3, 0.4) is 0 Å². The van der Waals surface area contributed by atoms with Crippen molar-refractivity contribution < 1.29 is 4.39 Å². The second kappa shape index (κ2) is 7.98. The lowest BCUT2D eigenvalue weighted by Gasteiger charge is -2.12. The maximum atomic E-state index is 14.3. The van der Waals surface area contributed by atoms with E-state index in [1.807, 2.05) is 30.3 Å². The van der Waals surface area contributed by atoms with Crippen molar-refractivity contribution in [1.82, 2.24) is 18.7 Å². The molecule has 2 aromatic heterocycles. The zero-order valence-corrected chi connectivity index (χ0v) is 16.8. The minimum Gasteiger partial charge on any atom is -0.355 e. The van der Waals surface area contributed by atoms with Gasteiger partial charge in [-0.3, -0.25) is 18.5 Å². The number of benzene rings is 2. The van der Waals surface area contributed by atoms with E-state index in [0.29, 0.717) is 18.1 Å². The number of halogens is 1. The molecule has 8 heteroatoms. The summed E-state index contributed by atoms with van der Waals surface area (Å²) in [5, 5.41) is 3.25. The first-order valence-corrected chi connectivity index (χ1v) is 9.65. The fourth-order valence-electron chi connectivity index (χ4n) is 3.50. The van der Waals surface area contributed by atoms with Crippen molar-refractivity contribution in [3.05, 3.63) is 92.4 Å². The van der Waals surface area contributed by atoms with E-state index in [0.717, 1.165) is 16.6 Å². The molecule has 0 amide bonds. The van der Waals surface area contributed by atoms with Crippen LogP contribution in [0.1, 0.15) is 11.1 Å². The molecule has 2 aromatic carbocycles. The van der Waals surface area contributed by atoms with Crippen molar-refractivity contribution in [3.8, 4) is 0 Å². The van der Waals surface area contributed by atoms with E-state index in [-0.39, 0.29) is 23.5 Å². The number of nitrogens with one attached hydrogen (secondary N) is 1. The molecule has 0 radical (unpaired) electrons. The summed E-state index contributed by atoms with van der Waals surface area (Å²) in [6.45, 7) is 0.684. The van der Waals surface area contributed by atoms with Crippen molar-refractivity contribution in [3.63, 3.8) is 0 Å². The molecule has 0 unspecified atom stereocenters. The third-order valence-corrected chi connectivity index (χ3v) is 5.17. The Morgan fingerprint density at radius 3 is 2.40 bits per heavy atom. The van der Waals surface area contributed by atoms with E-state index in [1.165, 1.54) is 17.7 Å². The van der Waals surface area contributed by atoms with Crippen molar-refractivity contribution >= 4 is 17.1 Å². The van der Waals surface area contributed by atoms with Crippen molar-refractivity contribution in [2.45, 2.75) is 13.0 Å². The highest BCUT2D eigenvalue weighted by Crippen LogP contribution is 2.19. The van der Waals surface area contributed by atoms with E-state index < -0.39 is 11.2 Å². The molecule has 0 saturated heterocycles. The van der Waals surface area contributed by atoms with Crippen LogP contribution in [0.25, 0.3) is 11.2 Å². The fourth-order valence-corrected chi connectivity index (χ4v) is 3.50. The van der Waals surface area contributed by atoms with Crippen LogP contribution in [0.15, 0.2) is 64.2 Å². The van der Waals surface area contributed by atoms with E-state index in [2.05, 4.69) is 10.3 Å². The monoisotopic (exact) mass is 407 g/mol. The molecule has 4 rings (SSSR count). The van der Waals surface area contributed by atoms with Gasteiger partial charge in [0.05, 0.1) is 6.54 Å². The van der Waals surface area contributed by atoms with Gasteiger partial charge in [0.2, 0.25) is 5.95 Å². The number of imidazole rings is 1. The molecule has 0 atom stereocenters. The third kappa shape index (κ3) is 3.52. The van der Waals surface area contributed by atoms with E-state index >= 15 is 0 Å². The topological polar surface area (TPSA) is 73.8 Å². The lowest BCUT2D eigenvalue weighted by Crippen LogP contribution is -2.37. The zero-order valence-electron chi connectivity index (χ0n) is 16.8. The largest absolute Gasteiger partial charge is 0.355 e. The number of rotatable bonds is 6. The van der Waals surface area contributed by atoms with Crippen LogP contribution in [0.4, 0.5) is 10.3 Å². The van der Waals surface area contributed by atoms with Gasteiger partial charge < -0.3 is 5.32 Å². The Morgan fingerprint density at radius 2 is 1.67 bits per heavy atom. The number of nitrogens with zero attached hydrogens (tertiary/aromatic N) is 4. The minimum absolute atomic E-state index is 0.115. The lowest BCUT2D eigenvalue weighted by molar-refractivity contribution is 0.601. The van der Waals surface area contributed by atoms with Gasteiger partial charge in [-0.2, -0.15) is 4.98 Å². The summed E-state index contributed by atoms with van der Waals surface area (Å²) in [6.07, 6.45) is 0.751. The second-order valence-corrected chi connectivity index (χ2v) is 7.15. The SMILES string of the molecule is Cn1c(=O)c2c(nc(NCCc3ccccc3)n2Cc2ccccc2F)n(C)c1=O. The van der Waals surface area contributed by atoms with Crippen LogP contribution in [0, 0.1) is 5.82 Å². The molecular formula is C22H22FN5O2. The first kappa shape index (κ1) is 19.6. The maximum Gasteiger partial charge on any atom is 0.332 e. The smallest absolute Gasteiger partial charge is 0.332 e. The van der Waals surface area contributed by atoms with Gasteiger partial charge in [0.1, 0.15) is 5.82 Å². The molecule has 0 aliphatic heterocycles. The summed E-state index contributed by atoms with van der Waals surface area (Å²) < 4.78 is 18.3. The van der Waals surface area contributed by atoms with Gasteiger partial charge in [-0.25, -0.2) is 9.18 Å². The lowest BCUT2D eigenvalue weighted by atomic mass is 10.1. The van der Waals surface area contributed by atoms with Crippen LogP contribution in [0.2, 0.25) is 0 Å². The van der Waals surface area contributed by atoms with Gasteiger partial charge in [-0.1, -0.05) is 48.5 Å². The summed E-state index contributed by atoms with van der Waals surface area (Å²) >= 11 is 0. The molecule has 0 aliphatic rings. The van der Waals surface area contributed by atoms with E-state index in [4.69, 9.17) is 0 Å². The van der Waals surface area contributed by atoms with E-state index in [1.54, 1.807) is 29.8 Å². The van der Waals surface area contributed by atoms with Gasteiger partial charge in [0.25, 0.3) is 5.56 Å². The highest BCUT2D eigenvalue weighted by Gasteiger charge is 2.20. The Morgan fingerprint density at radius 1 is 0.967 bits per heavy atom.